The first kappa shape index (κ1) is 12.2. The van der Waals surface area contributed by atoms with Gasteiger partial charge >= 0.3 is 5.97 Å². The second kappa shape index (κ2) is 5.40. The molecule has 4 nitrogen and oxygen atoms in total. The molecule has 0 saturated heterocycles. The molecular formula is C14H14N2O2. The van der Waals surface area contributed by atoms with Crippen LogP contribution in [-0.4, -0.2) is 21.0 Å². The van der Waals surface area contributed by atoms with Crippen LogP contribution in [-0.2, 0) is 11.2 Å². The van der Waals surface area contributed by atoms with Gasteiger partial charge in [0.1, 0.15) is 5.92 Å². The highest BCUT2D eigenvalue weighted by atomic mass is 16.4. The molecule has 0 aliphatic heterocycles. The van der Waals surface area contributed by atoms with E-state index < -0.39 is 11.9 Å². The monoisotopic (exact) mass is 242 g/mol. The third-order valence-electron chi connectivity index (χ3n) is 2.83. The summed E-state index contributed by atoms with van der Waals surface area (Å²) >= 11 is 0. The average molecular weight is 242 g/mol. The molecule has 0 spiro atoms. The quantitative estimate of drug-likeness (QED) is 0.892. The zero-order valence-corrected chi connectivity index (χ0v) is 10.1. The summed E-state index contributed by atoms with van der Waals surface area (Å²) in [6.07, 6.45) is 3.53. The number of aromatic nitrogens is 2. The van der Waals surface area contributed by atoms with Crippen LogP contribution in [0.25, 0.3) is 0 Å². The largest absolute Gasteiger partial charge is 0.481 e. The van der Waals surface area contributed by atoms with E-state index in [0.717, 1.165) is 5.56 Å². The highest BCUT2D eigenvalue weighted by Crippen LogP contribution is 2.21. The van der Waals surface area contributed by atoms with Gasteiger partial charge in [-0.25, -0.2) is 0 Å². The highest BCUT2D eigenvalue weighted by molar-refractivity contribution is 5.76. The standard InChI is InChI=1S/C14H14N2O2/c1-10-13(16-8-7-15-10)12(14(17)18)9-11-5-3-2-4-6-11/h2-8,12H,9H2,1H3,(H,17,18). The van der Waals surface area contributed by atoms with Crippen molar-refractivity contribution in [2.24, 2.45) is 0 Å². The van der Waals surface area contributed by atoms with Crippen LogP contribution in [0.5, 0.6) is 0 Å². The maximum absolute atomic E-state index is 11.4. The van der Waals surface area contributed by atoms with E-state index in [2.05, 4.69) is 9.97 Å². The molecule has 0 aliphatic carbocycles. The van der Waals surface area contributed by atoms with Gasteiger partial charge in [0, 0.05) is 12.4 Å². The second-order valence-electron chi connectivity index (χ2n) is 4.11. The van der Waals surface area contributed by atoms with Crippen molar-refractivity contribution in [3.63, 3.8) is 0 Å². The number of aryl methyl sites for hydroxylation is 1. The molecule has 1 aromatic carbocycles. The van der Waals surface area contributed by atoms with Gasteiger partial charge in [-0.1, -0.05) is 30.3 Å². The molecule has 1 heterocycles. The van der Waals surface area contributed by atoms with Crippen molar-refractivity contribution < 1.29 is 9.90 Å². The summed E-state index contributed by atoms with van der Waals surface area (Å²) in [7, 11) is 0. The van der Waals surface area contributed by atoms with Crippen molar-refractivity contribution in [3.8, 4) is 0 Å². The Morgan fingerprint density at radius 3 is 2.50 bits per heavy atom. The molecule has 1 N–H and O–H groups in total. The molecule has 2 aromatic rings. The molecule has 1 atom stereocenters. The van der Waals surface area contributed by atoms with Crippen LogP contribution in [0.2, 0.25) is 0 Å². The van der Waals surface area contributed by atoms with Gasteiger partial charge < -0.3 is 5.11 Å². The number of benzene rings is 1. The first-order valence-electron chi connectivity index (χ1n) is 5.72. The lowest BCUT2D eigenvalue weighted by atomic mass is 9.95. The van der Waals surface area contributed by atoms with Crippen LogP contribution in [0.3, 0.4) is 0 Å². The molecule has 1 aromatic heterocycles. The molecule has 0 amide bonds. The number of hydrogen-bond donors (Lipinski definition) is 1. The Hall–Kier alpha value is -2.23. The Kier molecular flexibility index (Phi) is 3.67. The minimum absolute atomic E-state index is 0.426. The number of carboxylic acids is 1. The van der Waals surface area contributed by atoms with Crippen LogP contribution >= 0.6 is 0 Å². The van der Waals surface area contributed by atoms with Crippen molar-refractivity contribution in [1.82, 2.24) is 9.97 Å². The highest BCUT2D eigenvalue weighted by Gasteiger charge is 2.23. The van der Waals surface area contributed by atoms with E-state index >= 15 is 0 Å². The minimum Gasteiger partial charge on any atom is -0.481 e. The Morgan fingerprint density at radius 1 is 1.22 bits per heavy atom. The Bertz CT molecular complexity index is 541. The van der Waals surface area contributed by atoms with E-state index in [1.807, 2.05) is 30.3 Å². The maximum atomic E-state index is 11.4. The summed E-state index contributed by atoms with van der Waals surface area (Å²) in [5.41, 5.74) is 2.18. The number of carboxylic acid groups (broad SMARTS) is 1. The Labute approximate surface area is 105 Å². The van der Waals surface area contributed by atoms with E-state index in [-0.39, 0.29) is 0 Å². The zero-order valence-electron chi connectivity index (χ0n) is 10.1. The first-order valence-corrected chi connectivity index (χ1v) is 5.72. The number of carbonyl (C=O) groups is 1. The van der Waals surface area contributed by atoms with Gasteiger partial charge in [-0.3, -0.25) is 14.8 Å². The SMILES string of the molecule is Cc1nccnc1C(Cc1ccccc1)C(=O)O. The number of rotatable bonds is 4. The molecule has 0 fully saturated rings. The maximum Gasteiger partial charge on any atom is 0.313 e. The molecule has 0 bridgehead atoms. The third-order valence-corrected chi connectivity index (χ3v) is 2.83. The third kappa shape index (κ3) is 2.71. The fraction of sp³-hybridized carbons (Fsp3) is 0.214. The van der Waals surface area contributed by atoms with Gasteiger partial charge in [-0.05, 0) is 18.9 Å². The lowest BCUT2D eigenvalue weighted by Gasteiger charge is -2.13. The summed E-state index contributed by atoms with van der Waals surface area (Å²) in [4.78, 5) is 19.6. The van der Waals surface area contributed by atoms with Gasteiger partial charge in [0.25, 0.3) is 0 Å². The summed E-state index contributed by atoms with van der Waals surface area (Å²) in [6, 6.07) is 9.55. The molecule has 2 rings (SSSR count). The zero-order chi connectivity index (χ0) is 13.0. The topological polar surface area (TPSA) is 63.1 Å². The van der Waals surface area contributed by atoms with E-state index in [1.54, 1.807) is 13.1 Å². The predicted molar refractivity (Wildman–Crippen MR) is 67.3 cm³/mol. The fourth-order valence-corrected chi connectivity index (χ4v) is 1.91. The van der Waals surface area contributed by atoms with E-state index in [0.29, 0.717) is 17.8 Å². The van der Waals surface area contributed by atoms with Gasteiger partial charge in [0.2, 0.25) is 0 Å². The van der Waals surface area contributed by atoms with Gasteiger partial charge in [-0.15, -0.1) is 0 Å². The van der Waals surface area contributed by atoms with E-state index in [1.165, 1.54) is 6.20 Å². The number of aliphatic carboxylic acids is 1. The lowest BCUT2D eigenvalue weighted by Crippen LogP contribution is -2.17. The molecule has 0 aliphatic rings. The van der Waals surface area contributed by atoms with Crippen LogP contribution in [0.4, 0.5) is 0 Å². The molecular weight excluding hydrogens is 228 g/mol. The Balaban J connectivity index is 2.30. The van der Waals surface area contributed by atoms with Crippen molar-refractivity contribution in [2.75, 3.05) is 0 Å². The number of hydrogen-bond acceptors (Lipinski definition) is 3. The normalized spacial score (nSPS) is 12.1. The second-order valence-corrected chi connectivity index (χ2v) is 4.11. The summed E-state index contributed by atoms with van der Waals surface area (Å²) in [6.45, 7) is 1.78. The van der Waals surface area contributed by atoms with Crippen LogP contribution < -0.4 is 0 Å². The predicted octanol–water partition coefficient (Wildman–Crippen LogP) is 2.20. The van der Waals surface area contributed by atoms with Crippen molar-refractivity contribution in [1.29, 1.82) is 0 Å². The van der Waals surface area contributed by atoms with Crippen molar-refractivity contribution in [2.45, 2.75) is 19.3 Å². The fourth-order valence-electron chi connectivity index (χ4n) is 1.91. The van der Waals surface area contributed by atoms with Gasteiger partial charge in [-0.2, -0.15) is 0 Å². The van der Waals surface area contributed by atoms with Crippen molar-refractivity contribution >= 4 is 5.97 Å². The summed E-state index contributed by atoms with van der Waals surface area (Å²) in [5, 5.41) is 9.34. The number of nitrogens with zero attached hydrogens (tertiary/aromatic N) is 2. The summed E-state index contributed by atoms with van der Waals surface area (Å²) in [5.74, 6) is -1.52. The minimum atomic E-state index is -0.873. The van der Waals surface area contributed by atoms with E-state index in [9.17, 15) is 9.90 Å². The first-order chi connectivity index (χ1) is 8.68. The molecule has 1 unspecified atom stereocenters. The molecule has 0 saturated carbocycles. The smallest absolute Gasteiger partial charge is 0.313 e. The van der Waals surface area contributed by atoms with Crippen LogP contribution in [0.1, 0.15) is 22.9 Å². The summed E-state index contributed by atoms with van der Waals surface area (Å²) < 4.78 is 0. The van der Waals surface area contributed by atoms with Gasteiger partial charge in [0.15, 0.2) is 0 Å². The van der Waals surface area contributed by atoms with Crippen LogP contribution in [0.15, 0.2) is 42.7 Å². The Morgan fingerprint density at radius 2 is 1.89 bits per heavy atom. The van der Waals surface area contributed by atoms with E-state index in [4.69, 9.17) is 0 Å². The van der Waals surface area contributed by atoms with Crippen LogP contribution in [0, 0.1) is 6.92 Å². The van der Waals surface area contributed by atoms with Crippen molar-refractivity contribution in [3.05, 3.63) is 59.7 Å². The molecule has 92 valence electrons. The molecule has 0 radical (unpaired) electrons. The van der Waals surface area contributed by atoms with Gasteiger partial charge in [0.05, 0.1) is 11.4 Å². The lowest BCUT2D eigenvalue weighted by molar-refractivity contribution is -0.138. The average Bonchev–Trinajstić information content (AvgIpc) is 2.38. The molecule has 18 heavy (non-hydrogen) atoms. The molecule has 4 heteroatoms.